The minimum atomic E-state index is -0.622. The van der Waals surface area contributed by atoms with Crippen molar-refractivity contribution < 1.29 is 28.6 Å². The summed E-state index contributed by atoms with van der Waals surface area (Å²) >= 11 is 1.27. The Labute approximate surface area is 144 Å². The first-order valence-corrected chi connectivity index (χ1v) is 8.60. The van der Waals surface area contributed by atoms with Gasteiger partial charge in [0.25, 0.3) is 0 Å². The highest BCUT2D eigenvalue weighted by Crippen LogP contribution is 2.45. The maximum Gasteiger partial charge on any atom is 0.412 e. The van der Waals surface area contributed by atoms with Gasteiger partial charge in [-0.1, -0.05) is 13.3 Å². The second kappa shape index (κ2) is 8.14. The molecule has 1 aliphatic rings. The van der Waals surface area contributed by atoms with E-state index in [-0.39, 0.29) is 5.56 Å². The number of unbranched alkanes of at least 4 members (excludes halogenated alkanes) is 1. The standard InChI is InChI=1S/C16H21NO6S/c1-4-5-8-23-16(20)17-13-12(15(19)22-3)11-9(14(18)21-2)6-7-10(11)24-13/h9H,4-8H2,1-3H3,(H,17,20)/t9-/m0/s1. The Morgan fingerprint density at radius 3 is 2.62 bits per heavy atom. The van der Waals surface area contributed by atoms with Crippen molar-refractivity contribution in [3.05, 3.63) is 16.0 Å². The fourth-order valence-corrected chi connectivity index (χ4v) is 3.92. The van der Waals surface area contributed by atoms with Crippen molar-refractivity contribution in [3.8, 4) is 0 Å². The van der Waals surface area contributed by atoms with Gasteiger partial charge >= 0.3 is 18.0 Å². The molecule has 2 rings (SSSR count). The molecule has 0 aliphatic heterocycles. The van der Waals surface area contributed by atoms with Crippen LogP contribution < -0.4 is 5.32 Å². The van der Waals surface area contributed by atoms with Gasteiger partial charge in [-0.25, -0.2) is 9.59 Å². The number of methoxy groups -OCH3 is 2. The molecule has 1 amide bonds. The van der Waals surface area contributed by atoms with Crippen LogP contribution in [0.4, 0.5) is 9.80 Å². The summed E-state index contributed by atoms with van der Waals surface area (Å²) in [6, 6.07) is 0. The average molecular weight is 355 g/mol. The van der Waals surface area contributed by atoms with Gasteiger partial charge in [-0.3, -0.25) is 10.1 Å². The van der Waals surface area contributed by atoms with E-state index in [1.165, 1.54) is 25.6 Å². The number of thiophene rings is 1. The number of anilines is 1. The van der Waals surface area contributed by atoms with Crippen molar-refractivity contribution >= 4 is 34.4 Å². The first-order chi connectivity index (χ1) is 11.5. The van der Waals surface area contributed by atoms with Crippen molar-refractivity contribution in [1.82, 2.24) is 0 Å². The van der Waals surface area contributed by atoms with Crippen LogP contribution in [0.15, 0.2) is 0 Å². The van der Waals surface area contributed by atoms with Crippen molar-refractivity contribution in [2.75, 3.05) is 26.1 Å². The second-order valence-corrected chi connectivity index (χ2v) is 6.47. The Morgan fingerprint density at radius 2 is 2.00 bits per heavy atom. The molecule has 132 valence electrons. The van der Waals surface area contributed by atoms with Gasteiger partial charge in [0.05, 0.1) is 32.3 Å². The highest BCUT2D eigenvalue weighted by Gasteiger charge is 2.38. The summed E-state index contributed by atoms with van der Waals surface area (Å²) in [5, 5.41) is 2.95. The van der Waals surface area contributed by atoms with E-state index in [4.69, 9.17) is 14.2 Å². The van der Waals surface area contributed by atoms with E-state index in [0.29, 0.717) is 30.0 Å². The molecule has 1 aromatic heterocycles. The van der Waals surface area contributed by atoms with Crippen LogP contribution in [-0.2, 0) is 25.4 Å². The zero-order chi connectivity index (χ0) is 17.7. The monoisotopic (exact) mass is 355 g/mol. The molecule has 0 aromatic carbocycles. The lowest BCUT2D eigenvalue weighted by molar-refractivity contribution is -0.142. The molecule has 1 atom stereocenters. The number of rotatable bonds is 6. The molecule has 24 heavy (non-hydrogen) atoms. The number of hydrogen-bond acceptors (Lipinski definition) is 7. The van der Waals surface area contributed by atoms with E-state index < -0.39 is 23.9 Å². The molecule has 1 aromatic rings. The lowest BCUT2D eigenvalue weighted by Crippen LogP contribution is -2.18. The van der Waals surface area contributed by atoms with Crippen molar-refractivity contribution in [2.45, 2.75) is 38.5 Å². The minimum Gasteiger partial charge on any atom is -0.469 e. The number of esters is 2. The van der Waals surface area contributed by atoms with Crippen LogP contribution in [-0.4, -0.2) is 38.9 Å². The number of nitrogens with one attached hydrogen (secondary N) is 1. The van der Waals surface area contributed by atoms with Crippen molar-refractivity contribution in [2.24, 2.45) is 0 Å². The molecule has 7 nitrogen and oxygen atoms in total. The quantitative estimate of drug-likeness (QED) is 0.479. The fourth-order valence-electron chi connectivity index (χ4n) is 2.67. The summed E-state index contributed by atoms with van der Waals surface area (Å²) in [5.41, 5.74) is 0.820. The van der Waals surface area contributed by atoms with Crippen LogP contribution in [0.5, 0.6) is 0 Å². The molecule has 0 radical (unpaired) electrons. The van der Waals surface area contributed by atoms with E-state index in [1.807, 2.05) is 6.92 Å². The third kappa shape index (κ3) is 3.69. The van der Waals surface area contributed by atoms with Gasteiger partial charge in [-0.15, -0.1) is 11.3 Å². The summed E-state index contributed by atoms with van der Waals surface area (Å²) < 4.78 is 14.7. The average Bonchev–Trinajstić information content (AvgIpc) is 3.12. The number of hydrogen-bond donors (Lipinski definition) is 1. The van der Waals surface area contributed by atoms with Crippen LogP contribution in [0.2, 0.25) is 0 Å². The Bertz CT molecular complexity index is 639. The predicted octanol–water partition coefficient (Wildman–Crippen LogP) is 3.09. The smallest absolute Gasteiger partial charge is 0.412 e. The Morgan fingerprint density at radius 1 is 1.25 bits per heavy atom. The lowest BCUT2D eigenvalue weighted by atomic mass is 9.99. The lowest BCUT2D eigenvalue weighted by Gasteiger charge is -2.11. The molecular formula is C16H21NO6S. The second-order valence-electron chi connectivity index (χ2n) is 5.36. The number of amides is 1. The largest absolute Gasteiger partial charge is 0.469 e. The third-order valence-electron chi connectivity index (χ3n) is 3.85. The normalized spacial score (nSPS) is 15.5. The number of ether oxygens (including phenoxy) is 3. The van der Waals surface area contributed by atoms with Crippen LogP contribution in [0.1, 0.15) is 52.9 Å². The van der Waals surface area contributed by atoms with Gasteiger partial charge in [0.1, 0.15) is 5.00 Å². The number of carbonyl (C=O) groups is 3. The summed E-state index contributed by atoms with van der Waals surface area (Å²) in [6.07, 6.45) is 2.29. The Hall–Kier alpha value is -2.09. The molecule has 0 saturated carbocycles. The molecular weight excluding hydrogens is 334 g/mol. The minimum absolute atomic E-state index is 0.220. The molecule has 8 heteroatoms. The molecule has 0 fully saturated rings. The summed E-state index contributed by atoms with van der Waals surface area (Å²) in [7, 11) is 2.58. The first-order valence-electron chi connectivity index (χ1n) is 7.78. The summed E-state index contributed by atoms with van der Waals surface area (Å²) in [6.45, 7) is 2.30. The summed E-state index contributed by atoms with van der Waals surface area (Å²) in [5.74, 6) is -1.50. The molecule has 0 bridgehead atoms. The van der Waals surface area contributed by atoms with Gasteiger partial charge in [0.2, 0.25) is 0 Å². The number of carbonyl (C=O) groups excluding carboxylic acids is 3. The maximum atomic E-state index is 12.2. The molecule has 0 unspecified atom stereocenters. The van der Waals surface area contributed by atoms with Gasteiger partial charge in [-0.2, -0.15) is 0 Å². The Balaban J connectivity index is 2.28. The zero-order valence-electron chi connectivity index (χ0n) is 14.0. The zero-order valence-corrected chi connectivity index (χ0v) is 14.8. The van der Waals surface area contributed by atoms with E-state index in [9.17, 15) is 14.4 Å². The van der Waals surface area contributed by atoms with Crippen LogP contribution in [0.3, 0.4) is 0 Å². The van der Waals surface area contributed by atoms with Crippen LogP contribution in [0, 0.1) is 0 Å². The highest BCUT2D eigenvalue weighted by molar-refractivity contribution is 7.17. The molecule has 0 saturated heterocycles. The van der Waals surface area contributed by atoms with E-state index >= 15 is 0 Å². The van der Waals surface area contributed by atoms with Crippen LogP contribution in [0.25, 0.3) is 0 Å². The fraction of sp³-hybridized carbons (Fsp3) is 0.562. The van der Waals surface area contributed by atoms with Crippen LogP contribution >= 0.6 is 11.3 Å². The third-order valence-corrected chi connectivity index (χ3v) is 5.03. The highest BCUT2D eigenvalue weighted by atomic mass is 32.1. The Kier molecular flexibility index (Phi) is 6.19. The van der Waals surface area contributed by atoms with Crippen molar-refractivity contribution in [1.29, 1.82) is 0 Å². The molecule has 1 aliphatic carbocycles. The van der Waals surface area contributed by atoms with E-state index in [0.717, 1.165) is 17.7 Å². The first kappa shape index (κ1) is 18.3. The predicted molar refractivity (Wildman–Crippen MR) is 88.6 cm³/mol. The number of aryl methyl sites for hydroxylation is 1. The summed E-state index contributed by atoms with van der Waals surface area (Å²) in [4.78, 5) is 36.9. The topological polar surface area (TPSA) is 90.9 Å². The molecule has 1 N–H and O–H groups in total. The number of fused-ring (bicyclic) bond motifs is 1. The van der Waals surface area contributed by atoms with Gasteiger partial charge < -0.3 is 14.2 Å². The van der Waals surface area contributed by atoms with Gasteiger partial charge in [0.15, 0.2) is 0 Å². The van der Waals surface area contributed by atoms with Crippen molar-refractivity contribution in [3.63, 3.8) is 0 Å². The maximum absolute atomic E-state index is 12.2. The molecule has 1 heterocycles. The molecule has 0 spiro atoms. The van der Waals surface area contributed by atoms with Gasteiger partial charge in [-0.05, 0) is 24.8 Å². The SMILES string of the molecule is CCCCOC(=O)Nc1sc2c(c1C(=O)OC)[C@@H](C(=O)OC)CC2. The van der Waals surface area contributed by atoms with Gasteiger partial charge in [0, 0.05) is 4.88 Å². The van der Waals surface area contributed by atoms with E-state index in [2.05, 4.69) is 5.32 Å². The van der Waals surface area contributed by atoms with E-state index in [1.54, 1.807) is 0 Å².